The highest BCUT2D eigenvalue weighted by molar-refractivity contribution is 6.32. The minimum Gasteiger partial charge on any atom is -0.284 e. The molecule has 1 fully saturated rings. The van der Waals surface area contributed by atoms with Crippen LogP contribution in [0.3, 0.4) is 0 Å². The number of likely N-dealkylation sites (N-methyl/N-ethyl adjacent to an activating group) is 1. The van der Waals surface area contributed by atoms with Crippen LogP contribution in [0.4, 0.5) is 0 Å². The summed E-state index contributed by atoms with van der Waals surface area (Å²) in [7, 11) is 1.52. The number of hydrogen-bond donors (Lipinski definition) is 0. The van der Waals surface area contributed by atoms with Gasteiger partial charge in [-0.25, -0.2) is 0 Å². The van der Waals surface area contributed by atoms with Crippen molar-refractivity contribution in [2.24, 2.45) is 5.92 Å². The zero-order chi connectivity index (χ0) is 13.6. The van der Waals surface area contributed by atoms with Gasteiger partial charge in [-0.3, -0.25) is 14.5 Å². The van der Waals surface area contributed by atoms with E-state index in [1.807, 2.05) is 30.3 Å². The van der Waals surface area contributed by atoms with Crippen LogP contribution in [0.25, 0.3) is 0 Å². The average molecular weight is 274 g/mol. The van der Waals surface area contributed by atoms with E-state index in [1.54, 1.807) is 18.2 Å². The molecule has 2 unspecified atom stereocenters. The van der Waals surface area contributed by atoms with E-state index in [0.29, 0.717) is 5.03 Å². The monoisotopic (exact) mass is 273 g/mol. The van der Waals surface area contributed by atoms with Gasteiger partial charge in [0.25, 0.3) is 0 Å². The molecule has 96 valence electrons. The molecule has 1 aliphatic carbocycles. The minimum atomic E-state index is -0.987. The number of carbonyl (C=O) groups excluding carboxylic acids is 2. The molecule has 0 bridgehead atoms. The Balaban J connectivity index is 2.27. The standard InChI is InChI=1S/C15H12ClNO2/c1-17-13(18)12-8-7-11(16)9-15(12,14(17)19)10-5-3-2-4-6-10/h2-9,12H,1H3. The number of hydrogen-bond acceptors (Lipinski definition) is 2. The third-order valence-electron chi connectivity index (χ3n) is 3.81. The van der Waals surface area contributed by atoms with E-state index < -0.39 is 11.3 Å². The lowest BCUT2D eigenvalue weighted by atomic mass is 9.69. The number of imide groups is 1. The van der Waals surface area contributed by atoms with Gasteiger partial charge in [0, 0.05) is 12.1 Å². The largest absolute Gasteiger partial charge is 0.284 e. The molecule has 0 aromatic heterocycles. The molecule has 0 spiro atoms. The Hall–Kier alpha value is -1.87. The van der Waals surface area contributed by atoms with Crippen LogP contribution in [-0.2, 0) is 15.0 Å². The van der Waals surface area contributed by atoms with Gasteiger partial charge in [-0.1, -0.05) is 48.0 Å². The van der Waals surface area contributed by atoms with Gasteiger partial charge in [-0.05, 0) is 17.7 Å². The molecule has 1 aliphatic heterocycles. The summed E-state index contributed by atoms with van der Waals surface area (Å²) in [5, 5.41) is 0.483. The lowest BCUT2D eigenvalue weighted by Gasteiger charge is -2.29. The van der Waals surface area contributed by atoms with Crippen molar-refractivity contribution in [1.29, 1.82) is 0 Å². The molecule has 19 heavy (non-hydrogen) atoms. The molecule has 3 nitrogen and oxygen atoms in total. The van der Waals surface area contributed by atoms with Crippen molar-refractivity contribution in [3.05, 3.63) is 59.2 Å². The third-order valence-corrected chi connectivity index (χ3v) is 4.05. The maximum atomic E-state index is 12.6. The Kier molecular flexibility index (Phi) is 2.61. The highest BCUT2D eigenvalue weighted by Gasteiger charge is 2.57. The SMILES string of the molecule is CN1C(=O)C2C=CC(Cl)=CC2(c2ccccc2)C1=O. The first kappa shape index (κ1) is 12.2. The summed E-state index contributed by atoms with van der Waals surface area (Å²) in [5.41, 5.74) is -0.191. The molecule has 0 radical (unpaired) electrons. The summed E-state index contributed by atoms with van der Waals surface area (Å²) >= 11 is 6.08. The third kappa shape index (κ3) is 1.51. The number of allylic oxidation sites excluding steroid dienone is 2. The first-order chi connectivity index (χ1) is 9.07. The summed E-state index contributed by atoms with van der Waals surface area (Å²) in [5.74, 6) is -0.920. The summed E-state index contributed by atoms with van der Waals surface area (Å²) in [6.45, 7) is 0. The lowest BCUT2D eigenvalue weighted by molar-refractivity contribution is -0.138. The van der Waals surface area contributed by atoms with Crippen molar-refractivity contribution in [1.82, 2.24) is 4.90 Å². The van der Waals surface area contributed by atoms with Crippen LogP contribution in [0.15, 0.2) is 53.6 Å². The van der Waals surface area contributed by atoms with E-state index in [9.17, 15) is 9.59 Å². The van der Waals surface area contributed by atoms with Crippen molar-refractivity contribution >= 4 is 23.4 Å². The van der Waals surface area contributed by atoms with Gasteiger partial charge in [0.2, 0.25) is 11.8 Å². The zero-order valence-electron chi connectivity index (χ0n) is 10.3. The summed E-state index contributed by atoms with van der Waals surface area (Å²) in [6, 6.07) is 9.31. The van der Waals surface area contributed by atoms with Gasteiger partial charge in [0.1, 0.15) is 5.41 Å². The molecular weight excluding hydrogens is 262 g/mol. The van der Waals surface area contributed by atoms with Crippen molar-refractivity contribution in [2.75, 3.05) is 7.05 Å². The smallest absolute Gasteiger partial charge is 0.244 e. The fourth-order valence-corrected chi connectivity index (χ4v) is 3.10. The number of carbonyl (C=O) groups is 2. The summed E-state index contributed by atoms with van der Waals surface area (Å²) in [6.07, 6.45) is 5.09. The minimum absolute atomic E-state index is 0.189. The van der Waals surface area contributed by atoms with E-state index >= 15 is 0 Å². The van der Waals surface area contributed by atoms with Crippen molar-refractivity contribution in [3.8, 4) is 0 Å². The fraction of sp³-hybridized carbons (Fsp3) is 0.200. The molecule has 3 rings (SSSR count). The highest BCUT2D eigenvalue weighted by Crippen LogP contribution is 2.46. The fourth-order valence-electron chi connectivity index (χ4n) is 2.85. The Morgan fingerprint density at radius 3 is 2.58 bits per heavy atom. The van der Waals surface area contributed by atoms with Crippen LogP contribution in [0.1, 0.15) is 5.56 Å². The quantitative estimate of drug-likeness (QED) is 0.736. The average Bonchev–Trinajstić information content (AvgIpc) is 2.63. The molecular formula is C15H12ClNO2. The highest BCUT2D eigenvalue weighted by atomic mass is 35.5. The zero-order valence-corrected chi connectivity index (χ0v) is 11.1. The number of halogens is 1. The maximum absolute atomic E-state index is 12.6. The number of rotatable bonds is 1. The second kappa shape index (κ2) is 4.07. The summed E-state index contributed by atoms with van der Waals surface area (Å²) in [4.78, 5) is 26.0. The predicted octanol–water partition coefficient (Wildman–Crippen LogP) is 2.23. The van der Waals surface area contributed by atoms with E-state index in [2.05, 4.69) is 0 Å². The van der Waals surface area contributed by atoms with Gasteiger partial charge >= 0.3 is 0 Å². The molecule has 1 aromatic carbocycles. The Morgan fingerprint density at radius 1 is 1.21 bits per heavy atom. The predicted molar refractivity (Wildman–Crippen MR) is 72.5 cm³/mol. The second-order valence-electron chi connectivity index (χ2n) is 4.80. The molecule has 4 heteroatoms. The van der Waals surface area contributed by atoms with E-state index in [0.717, 1.165) is 5.56 Å². The first-order valence-corrected chi connectivity index (χ1v) is 6.39. The van der Waals surface area contributed by atoms with Crippen molar-refractivity contribution < 1.29 is 9.59 Å². The lowest BCUT2D eigenvalue weighted by Crippen LogP contribution is -2.39. The maximum Gasteiger partial charge on any atom is 0.244 e. The van der Waals surface area contributed by atoms with Crippen LogP contribution in [0.2, 0.25) is 0 Å². The molecule has 2 aliphatic rings. The van der Waals surface area contributed by atoms with Gasteiger partial charge in [0.15, 0.2) is 0 Å². The van der Waals surface area contributed by atoms with Crippen LogP contribution < -0.4 is 0 Å². The topological polar surface area (TPSA) is 37.4 Å². The van der Waals surface area contributed by atoms with Gasteiger partial charge < -0.3 is 0 Å². The van der Waals surface area contributed by atoms with Crippen molar-refractivity contribution in [3.63, 3.8) is 0 Å². The number of nitrogens with zero attached hydrogens (tertiary/aromatic N) is 1. The number of benzene rings is 1. The Labute approximate surface area is 116 Å². The van der Waals surface area contributed by atoms with Crippen LogP contribution in [-0.4, -0.2) is 23.8 Å². The molecule has 1 saturated heterocycles. The molecule has 1 heterocycles. The number of amides is 2. The number of fused-ring (bicyclic) bond motifs is 1. The Bertz CT molecular complexity index is 620. The van der Waals surface area contributed by atoms with Gasteiger partial charge in [0.05, 0.1) is 5.92 Å². The van der Waals surface area contributed by atoms with E-state index in [4.69, 9.17) is 11.6 Å². The van der Waals surface area contributed by atoms with Crippen LogP contribution >= 0.6 is 11.6 Å². The first-order valence-electron chi connectivity index (χ1n) is 6.01. The molecule has 2 amide bonds. The normalized spacial score (nSPS) is 29.5. The van der Waals surface area contributed by atoms with Crippen molar-refractivity contribution in [2.45, 2.75) is 5.41 Å². The molecule has 0 N–H and O–H groups in total. The van der Waals surface area contributed by atoms with Crippen LogP contribution in [0, 0.1) is 5.92 Å². The molecule has 1 aromatic rings. The number of likely N-dealkylation sites (tertiary alicyclic amines) is 1. The summed E-state index contributed by atoms with van der Waals surface area (Å²) < 4.78 is 0. The van der Waals surface area contributed by atoms with Crippen LogP contribution in [0.5, 0.6) is 0 Å². The van der Waals surface area contributed by atoms with Gasteiger partial charge in [-0.15, -0.1) is 0 Å². The molecule has 0 saturated carbocycles. The van der Waals surface area contributed by atoms with E-state index in [1.165, 1.54) is 11.9 Å². The van der Waals surface area contributed by atoms with E-state index in [-0.39, 0.29) is 11.8 Å². The second-order valence-corrected chi connectivity index (χ2v) is 5.24. The Morgan fingerprint density at radius 2 is 1.89 bits per heavy atom. The molecule has 2 atom stereocenters. The van der Waals surface area contributed by atoms with Gasteiger partial charge in [-0.2, -0.15) is 0 Å².